The molecule has 1 amide bonds. The van der Waals surface area contributed by atoms with E-state index in [9.17, 15) is 9.59 Å². The zero-order chi connectivity index (χ0) is 22.0. The standard InChI is InChI=1S/C26H24N2O3/c1-4-18-9-7-8-17(2)23(18)27-26(30)25(29)24-22(16-20-10-5-6-15-28(20)24)19-11-13-21(31-3)14-12-19/h5-16H,4H2,1-3H3,(H,27,30). The Morgan fingerprint density at radius 1 is 1.00 bits per heavy atom. The van der Waals surface area contributed by atoms with Crippen LogP contribution in [0.1, 0.15) is 28.5 Å². The average molecular weight is 412 g/mol. The number of ketones is 1. The molecule has 0 aliphatic heterocycles. The summed E-state index contributed by atoms with van der Waals surface area (Å²) in [6.07, 6.45) is 2.56. The van der Waals surface area contributed by atoms with E-state index in [0.717, 1.165) is 34.4 Å². The Morgan fingerprint density at radius 3 is 2.48 bits per heavy atom. The zero-order valence-corrected chi connectivity index (χ0v) is 17.8. The number of Topliss-reactive ketones (excluding diaryl/α,β-unsaturated/α-hetero) is 1. The van der Waals surface area contributed by atoms with Crippen LogP contribution in [0.3, 0.4) is 0 Å². The molecule has 2 heterocycles. The number of amides is 1. The molecule has 4 rings (SSSR count). The second-order valence-electron chi connectivity index (χ2n) is 7.38. The molecular weight excluding hydrogens is 388 g/mol. The van der Waals surface area contributed by atoms with E-state index in [4.69, 9.17) is 4.74 Å². The molecule has 0 fully saturated rings. The SMILES string of the molecule is CCc1cccc(C)c1NC(=O)C(=O)c1c(-c2ccc(OC)cc2)cc2ccccn12. The van der Waals surface area contributed by atoms with Crippen LogP contribution in [0.15, 0.2) is 72.9 Å². The Kier molecular flexibility index (Phi) is 5.58. The molecule has 0 aliphatic carbocycles. The molecule has 0 spiro atoms. The van der Waals surface area contributed by atoms with Gasteiger partial charge in [-0.15, -0.1) is 0 Å². The van der Waals surface area contributed by atoms with E-state index < -0.39 is 11.7 Å². The third-order valence-corrected chi connectivity index (χ3v) is 5.48. The second kappa shape index (κ2) is 8.48. The summed E-state index contributed by atoms with van der Waals surface area (Å²) in [7, 11) is 1.61. The summed E-state index contributed by atoms with van der Waals surface area (Å²) in [6.45, 7) is 3.95. The van der Waals surface area contributed by atoms with Gasteiger partial charge in [0.25, 0.3) is 11.7 Å². The van der Waals surface area contributed by atoms with Crippen molar-refractivity contribution in [2.24, 2.45) is 0 Å². The van der Waals surface area contributed by atoms with Gasteiger partial charge in [0.1, 0.15) is 11.4 Å². The van der Waals surface area contributed by atoms with Crippen molar-refractivity contribution in [3.8, 4) is 16.9 Å². The summed E-state index contributed by atoms with van der Waals surface area (Å²) in [5, 5.41) is 2.86. The Morgan fingerprint density at radius 2 is 1.77 bits per heavy atom. The maximum absolute atomic E-state index is 13.4. The number of nitrogens with one attached hydrogen (secondary N) is 1. The van der Waals surface area contributed by atoms with Crippen molar-refractivity contribution < 1.29 is 14.3 Å². The third-order valence-electron chi connectivity index (χ3n) is 5.48. The lowest BCUT2D eigenvalue weighted by molar-refractivity contribution is -0.112. The number of aryl methyl sites for hydroxylation is 2. The third kappa shape index (κ3) is 3.82. The molecule has 156 valence electrons. The number of anilines is 1. The smallest absolute Gasteiger partial charge is 0.298 e. The highest BCUT2D eigenvalue weighted by Gasteiger charge is 2.25. The highest BCUT2D eigenvalue weighted by molar-refractivity contribution is 6.47. The van der Waals surface area contributed by atoms with Gasteiger partial charge in [0.15, 0.2) is 0 Å². The van der Waals surface area contributed by atoms with E-state index in [-0.39, 0.29) is 0 Å². The summed E-state index contributed by atoms with van der Waals surface area (Å²) < 4.78 is 7.01. The summed E-state index contributed by atoms with van der Waals surface area (Å²) in [5.74, 6) is -0.505. The van der Waals surface area contributed by atoms with E-state index in [0.29, 0.717) is 16.9 Å². The Hall–Kier alpha value is -3.86. The summed E-state index contributed by atoms with van der Waals surface area (Å²) in [6, 6.07) is 20.9. The molecule has 0 saturated carbocycles. The van der Waals surface area contributed by atoms with Gasteiger partial charge in [0, 0.05) is 23.0 Å². The largest absolute Gasteiger partial charge is 0.497 e. The van der Waals surface area contributed by atoms with Crippen molar-refractivity contribution in [1.82, 2.24) is 4.40 Å². The van der Waals surface area contributed by atoms with Crippen molar-refractivity contribution in [1.29, 1.82) is 0 Å². The molecule has 5 nitrogen and oxygen atoms in total. The fraction of sp³-hybridized carbons (Fsp3) is 0.154. The first kappa shape index (κ1) is 20.4. The predicted octanol–water partition coefficient (Wildman–Crippen LogP) is 5.31. The number of carbonyl (C=O) groups is 2. The molecule has 0 saturated heterocycles. The monoisotopic (exact) mass is 412 g/mol. The van der Waals surface area contributed by atoms with E-state index >= 15 is 0 Å². The zero-order valence-electron chi connectivity index (χ0n) is 17.8. The maximum atomic E-state index is 13.4. The van der Waals surface area contributed by atoms with Crippen LogP contribution in [-0.4, -0.2) is 23.2 Å². The number of ether oxygens (including phenoxy) is 1. The van der Waals surface area contributed by atoms with Gasteiger partial charge in [-0.05, 0) is 60.4 Å². The number of para-hydroxylation sites is 1. The number of benzene rings is 2. The highest BCUT2D eigenvalue weighted by atomic mass is 16.5. The molecule has 0 bridgehead atoms. The van der Waals surface area contributed by atoms with Crippen LogP contribution < -0.4 is 10.1 Å². The Labute approximate surface area is 181 Å². The van der Waals surface area contributed by atoms with Crippen LogP contribution in [0, 0.1) is 6.92 Å². The lowest BCUT2D eigenvalue weighted by Crippen LogP contribution is -2.25. The quantitative estimate of drug-likeness (QED) is 0.345. The molecule has 31 heavy (non-hydrogen) atoms. The normalized spacial score (nSPS) is 10.8. The van der Waals surface area contributed by atoms with E-state index in [1.165, 1.54) is 0 Å². The Bertz CT molecular complexity index is 1270. The van der Waals surface area contributed by atoms with Crippen molar-refractivity contribution >= 4 is 22.9 Å². The topological polar surface area (TPSA) is 59.8 Å². The molecular formula is C26H24N2O3. The molecule has 1 N–H and O–H groups in total. The van der Waals surface area contributed by atoms with Crippen LogP contribution in [0.2, 0.25) is 0 Å². The molecule has 2 aromatic carbocycles. The molecule has 2 aromatic heterocycles. The number of rotatable bonds is 6. The molecule has 5 heteroatoms. The van der Waals surface area contributed by atoms with Crippen LogP contribution in [-0.2, 0) is 11.2 Å². The van der Waals surface area contributed by atoms with Gasteiger partial charge in [0.05, 0.1) is 7.11 Å². The number of carbonyl (C=O) groups excluding carboxylic acids is 2. The molecule has 0 aliphatic rings. The Balaban J connectivity index is 1.78. The first-order valence-corrected chi connectivity index (χ1v) is 10.2. The first-order valence-electron chi connectivity index (χ1n) is 10.2. The van der Waals surface area contributed by atoms with Gasteiger partial charge in [-0.1, -0.05) is 43.3 Å². The lowest BCUT2D eigenvalue weighted by atomic mass is 10.0. The number of pyridine rings is 1. The summed E-state index contributed by atoms with van der Waals surface area (Å²) >= 11 is 0. The van der Waals surface area contributed by atoms with Gasteiger partial charge in [0.2, 0.25) is 0 Å². The van der Waals surface area contributed by atoms with Crippen LogP contribution in [0.4, 0.5) is 5.69 Å². The minimum absolute atomic E-state index is 0.338. The van der Waals surface area contributed by atoms with Crippen molar-refractivity contribution in [2.45, 2.75) is 20.3 Å². The minimum atomic E-state index is -0.650. The fourth-order valence-corrected chi connectivity index (χ4v) is 3.83. The highest BCUT2D eigenvalue weighted by Crippen LogP contribution is 2.30. The van der Waals surface area contributed by atoms with Gasteiger partial charge < -0.3 is 14.5 Å². The summed E-state index contributed by atoms with van der Waals surface area (Å²) in [5.41, 5.74) is 5.35. The van der Waals surface area contributed by atoms with Crippen molar-refractivity contribution in [3.05, 3.63) is 89.7 Å². The number of hydrogen-bond acceptors (Lipinski definition) is 3. The van der Waals surface area contributed by atoms with Crippen molar-refractivity contribution in [3.63, 3.8) is 0 Å². The number of aromatic nitrogens is 1. The van der Waals surface area contributed by atoms with Crippen LogP contribution in [0.25, 0.3) is 16.6 Å². The van der Waals surface area contributed by atoms with E-state index in [1.807, 2.05) is 80.6 Å². The van der Waals surface area contributed by atoms with Gasteiger partial charge in [-0.2, -0.15) is 0 Å². The van der Waals surface area contributed by atoms with Crippen LogP contribution in [0.5, 0.6) is 5.75 Å². The number of nitrogens with zero attached hydrogens (tertiary/aromatic N) is 1. The lowest BCUT2D eigenvalue weighted by Gasteiger charge is -2.13. The van der Waals surface area contributed by atoms with Gasteiger partial charge in [-0.3, -0.25) is 9.59 Å². The van der Waals surface area contributed by atoms with Gasteiger partial charge >= 0.3 is 0 Å². The minimum Gasteiger partial charge on any atom is -0.497 e. The number of fused-ring (bicyclic) bond motifs is 1. The number of hydrogen-bond donors (Lipinski definition) is 1. The predicted molar refractivity (Wildman–Crippen MR) is 123 cm³/mol. The van der Waals surface area contributed by atoms with Crippen molar-refractivity contribution in [2.75, 3.05) is 12.4 Å². The second-order valence-corrected chi connectivity index (χ2v) is 7.38. The number of methoxy groups -OCH3 is 1. The fourth-order valence-electron chi connectivity index (χ4n) is 3.83. The molecule has 0 unspecified atom stereocenters. The summed E-state index contributed by atoms with van der Waals surface area (Å²) in [4.78, 5) is 26.5. The molecule has 0 atom stereocenters. The molecule has 0 radical (unpaired) electrons. The maximum Gasteiger partial charge on any atom is 0.298 e. The molecule has 4 aromatic rings. The van der Waals surface area contributed by atoms with Crippen LogP contribution >= 0.6 is 0 Å². The van der Waals surface area contributed by atoms with Gasteiger partial charge in [-0.25, -0.2) is 0 Å². The average Bonchev–Trinajstić information content (AvgIpc) is 3.19. The van der Waals surface area contributed by atoms with E-state index in [2.05, 4.69) is 5.32 Å². The first-order chi connectivity index (χ1) is 15.0. The van der Waals surface area contributed by atoms with E-state index in [1.54, 1.807) is 17.7 Å².